The fraction of sp³-hybridized carbons (Fsp3) is 0.500. The van der Waals surface area contributed by atoms with Crippen molar-refractivity contribution >= 4 is 18.1 Å². The molecular formula is C12H19ClN2O. The summed E-state index contributed by atoms with van der Waals surface area (Å²) in [7, 11) is 2.14. The second kappa shape index (κ2) is 6.09. The summed E-state index contributed by atoms with van der Waals surface area (Å²) >= 11 is 0. The van der Waals surface area contributed by atoms with E-state index < -0.39 is 0 Å². The third-order valence-corrected chi connectivity index (χ3v) is 2.91. The molecule has 1 fully saturated rings. The van der Waals surface area contributed by atoms with E-state index in [1.807, 2.05) is 18.2 Å². The van der Waals surface area contributed by atoms with E-state index >= 15 is 0 Å². The van der Waals surface area contributed by atoms with Gasteiger partial charge in [0.05, 0.1) is 6.61 Å². The van der Waals surface area contributed by atoms with Crippen molar-refractivity contribution in [2.45, 2.75) is 19.0 Å². The topological polar surface area (TPSA) is 38.5 Å². The molecule has 0 radical (unpaired) electrons. The normalized spacial score (nSPS) is 19.8. The number of nitrogens with two attached hydrogens (primary N) is 1. The molecule has 3 nitrogen and oxygen atoms in total. The number of anilines is 1. The monoisotopic (exact) mass is 242 g/mol. The van der Waals surface area contributed by atoms with Crippen molar-refractivity contribution in [3.8, 4) is 0 Å². The van der Waals surface area contributed by atoms with Gasteiger partial charge in [-0.1, -0.05) is 12.1 Å². The van der Waals surface area contributed by atoms with E-state index in [0.29, 0.717) is 6.04 Å². The Morgan fingerprint density at radius 1 is 1.50 bits per heavy atom. The fourth-order valence-corrected chi connectivity index (χ4v) is 1.98. The lowest BCUT2D eigenvalue weighted by molar-refractivity contribution is 0.156. The Kier molecular flexibility index (Phi) is 5.06. The fourth-order valence-electron chi connectivity index (χ4n) is 1.98. The predicted molar refractivity (Wildman–Crippen MR) is 68.8 cm³/mol. The number of nitrogen functional groups attached to an aromatic ring is 1. The number of benzene rings is 1. The number of rotatable bonds is 3. The van der Waals surface area contributed by atoms with E-state index in [9.17, 15) is 0 Å². The van der Waals surface area contributed by atoms with Crippen LogP contribution in [0.3, 0.4) is 0 Å². The van der Waals surface area contributed by atoms with Crippen molar-refractivity contribution in [3.63, 3.8) is 0 Å². The molecule has 1 aromatic rings. The first kappa shape index (κ1) is 13.3. The Morgan fingerprint density at radius 2 is 2.31 bits per heavy atom. The highest BCUT2D eigenvalue weighted by molar-refractivity contribution is 5.85. The molecule has 0 saturated carbocycles. The maximum Gasteiger partial charge on any atom is 0.0622 e. The molecule has 1 unspecified atom stereocenters. The maximum atomic E-state index is 5.74. The van der Waals surface area contributed by atoms with Gasteiger partial charge in [-0.2, -0.15) is 0 Å². The lowest BCUT2D eigenvalue weighted by atomic mass is 10.1. The molecule has 0 bridgehead atoms. The molecule has 0 amide bonds. The van der Waals surface area contributed by atoms with Gasteiger partial charge in [-0.05, 0) is 31.2 Å². The lowest BCUT2D eigenvalue weighted by Crippen LogP contribution is -2.31. The van der Waals surface area contributed by atoms with E-state index in [0.717, 1.165) is 31.9 Å². The molecule has 2 N–H and O–H groups in total. The number of likely N-dealkylation sites (N-methyl/N-ethyl adjacent to an activating group) is 1. The number of hydrogen-bond donors (Lipinski definition) is 1. The third-order valence-electron chi connectivity index (χ3n) is 2.91. The Morgan fingerprint density at radius 3 is 2.94 bits per heavy atom. The summed E-state index contributed by atoms with van der Waals surface area (Å²) in [5, 5.41) is 0. The highest BCUT2D eigenvalue weighted by Crippen LogP contribution is 2.15. The molecular weight excluding hydrogens is 224 g/mol. The van der Waals surface area contributed by atoms with Crippen LogP contribution < -0.4 is 5.73 Å². The van der Waals surface area contributed by atoms with E-state index in [-0.39, 0.29) is 12.4 Å². The molecule has 1 saturated heterocycles. The highest BCUT2D eigenvalue weighted by Gasteiger charge is 2.19. The zero-order chi connectivity index (χ0) is 10.7. The minimum atomic E-state index is 0. The van der Waals surface area contributed by atoms with Crippen LogP contribution in [0.5, 0.6) is 0 Å². The van der Waals surface area contributed by atoms with Crippen molar-refractivity contribution < 1.29 is 4.74 Å². The minimum absolute atomic E-state index is 0. The molecule has 0 spiro atoms. The van der Waals surface area contributed by atoms with Crippen LogP contribution >= 0.6 is 12.4 Å². The zero-order valence-electron chi connectivity index (χ0n) is 9.56. The van der Waals surface area contributed by atoms with E-state index in [1.54, 1.807) is 0 Å². The average Bonchev–Trinajstić information content (AvgIpc) is 2.70. The standard InChI is InChI=1S/C12H18N2O.ClH/c1-14(12-5-6-15-9-12)8-10-3-2-4-11(13)7-10;/h2-4,7,12H,5-6,8-9,13H2,1H3;1H. The van der Waals surface area contributed by atoms with Gasteiger partial charge in [-0.3, -0.25) is 4.90 Å². The van der Waals surface area contributed by atoms with Crippen LogP contribution in [-0.2, 0) is 11.3 Å². The van der Waals surface area contributed by atoms with Gasteiger partial charge in [0.25, 0.3) is 0 Å². The van der Waals surface area contributed by atoms with Crippen LogP contribution in [0.25, 0.3) is 0 Å². The number of nitrogens with zero attached hydrogens (tertiary/aromatic N) is 1. The van der Waals surface area contributed by atoms with Crippen LogP contribution in [-0.4, -0.2) is 31.2 Å². The van der Waals surface area contributed by atoms with Gasteiger partial charge in [0.2, 0.25) is 0 Å². The largest absolute Gasteiger partial charge is 0.399 e. The average molecular weight is 243 g/mol. The molecule has 0 aromatic heterocycles. The summed E-state index contributed by atoms with van der Waals surface area (Å²) in [5.41, 5.74) is 7.85. The number of hydrogen-bond acceptors (Lipinski definition) is 3. The van der Waals surface area contributed by atoms with Gasteiger partial charge in [-0.15, -0.1) is 12.4 Å². The van der Waals surface area contributed by atoms with E-state index in [4.69, 9.17) is 10.5 Å². The van der Waals surface area contributed by atoms with Crippen LogP contribution in [0, 0.1) is 0 Å². The second-order valence-electron chi connectivity index (χ2n) is 4.18. The Balaban J connectivity index is 0.00000128. The summed E-state index contributed by atoms with van der Waals surface area (Å²) in [6.07, 6.45) is 1.14. The Hall–Kier alpha value is -0.770. The SMILES string of the molecule is CN(Cc1cccc(N)c1)C1CCOC1.Cl. The molecule has 1 aromatic carbocycles. The molecule has 1 aliphatic rings. The predicted octanol–water partition coefficient (Wildman–Crippen LogP) is 1.91. The zero-order valence-corrected chi connectivity index (χ0v) is 10.4. The molecule has 16 heavy (non-hydrogen) atoms. The summed E-state index contributed by atoms with van der Waals surface area (Å²) < 4.78 is 5.37. The van der Waals surface area contributed by atoms with Crippen LogP contribution in [0.1, 0.15) is 12.0 Å². The minimum Gasteiger partial charge on any atom is -0.399 e. The first-order chi connectivity index (χ1) is 7.25. The molecule has 90 valence electrons. The first-order valence-corrected chi connectivity index (χ1v) is 5.38. The van der Waals surface area contributed by atoms with Crippen molar-refractivity contribution in [1.29, 1.82) is 0 Å². The van der Waals surface area contributed by atoms with Gasteiger partial charge in [0, 0.05) is 24.9 Å². The quantitative estimate of drug-likeness (QED) is 0.823. The Bertz CT molecular complexity index is 327. The highest BCUT2D eigenvalue weighted by atomic mass is 35.5. The second-order valence-corrected chi connectivity index (χ2v) is 4.18. The molecule has 2 rings (SSSR count). The van der Waals surface area contributed by atoms with E-state index in [1.165, 1.54) is 5.56 Å². The van der Waals surface area contributed by atoms with Crippen molar-refractivity contribution in [2.24, 2.45) is 0 Å². The first-order valence-electron chi connectivity index (χ1n) is 5.38. The van der Waals surface area contributed by atoms with Gasteiger partial charge >= 0.3 is 0 Å². The van der Waals surface area contributed by atoms with Gasteiger partial charge < -0.3 is 10.5 Å². The van der Waals surface area contributed by atoms with Crippen LogP contribution in [0.4, 0.5) is 5.69 Å². The number of halogens is 1. The van der Waals surface area contributed by atoms with Crippen LogP contribution in [0.2, 0.25) is 0 Å². The molecule has 1 heterocycles. The van der Waals surface area contributed by atoms with E-state index in [2.05, 4.69) is 18.0 Å². The van der Waals surface area contributed by atoms with Gasteiger partial charge in [-0.25, -0.2) is 0 Å². The summed E-state index contributed by atoms with van der Waals surface area (Å²) in [6, 6.07) is 8.63. The molecule has 1 aliphatic heterocycles. The van der Waals surface area contributed by atoms with Crippen molar-refractivity contribution in [3.05, 3.63) is 29.8 Å². The molecule has 0 aliphatic carbocycles. The smallest absolute Gasteiger partial charge is 0.0622 e. The Labute approximate surface area is 103 Å². The van der Waals surface area contributed by atoms with Gasteiger partial charge in [0.1, 0.15) is 0 Å². The summed E-state index contributed by atoms with van der Waals surface area (Å²) in [4.78, 5) is 2.34. The van der Waals surface area contributed by atoms with Crippen molar-refractivity contribution in [2.75, 3.05) is 26.0 Å². The summed E-state index contributed by atoms with van der Waals surface area (Å²) in [5.74, 6) is 0. The molecule has 4 heteroatoms. The number of ether oxygens (including phenoxy) is 1. The van der Waals surface area contributed by atoms with Crippen molar-refractivity contribution in [1.82, 2.24) is 4.90 Å². The third kappa shape index (κ3) is 3.37. The summed E-state index contributed by atoms with van der Waals surface area (Å²) in [6.45, 7) is 2.70. The van der Waals surface area contributed by atoms with Gasteiger partial charge in [0.15, 0.2) is 0 Å². The maximum absolute atomic E-state index is 5.74. The van der Waals surface area contributed by atoms with Crippen LogP contribution in [0.15, 0.2) is 24.3 Å². The lowest BCUT2D eigenvalue weighted by Gasteiger charge is -2.22. The molecule has 1 atom stereocenters.